The molecule has 27 heavy (non-hydrogen) atoms. The average molecular weight is 381 g/mol. The Morgan fingerprint density at radius 2 is 1.63 bits per heavy atom. The zero-order valence-corrected chi connectivity index (χ0v) is 16.0. The Hall–Kier alpha value is -3.26. The Kier molecular flexibility index (Phi) is 5.46. The number of aromatic nitrogens is 2. The summed E-state index contributed by atoms with van der Waals surface area (Å²) < 4.78 is 0. The maximum absolute atomic E-state index is 12.1. The molecule has 138 valence electrons. The Morgan fingerprint density at radius 3 is 2.26 bits per heavy atom. The van der Waals surface area contributed by atoms with Crippen molar-refractivity contribution < 1.29 is 9.59 Å². The topological polar surface area (TPSA) is 96.0 Å². The van der Waals surface area contributed by atoms with Gasteiger partial charge in [0.05, 0.1) is 5.69 Å². The van der Waals surface area contributed by atoms with Crippen molar-refractivity contribution in [3.63, 3.8) is 0 Å². The van der Waals surface area contributed by atoms with Gasteiger partial charge in [-0.15, -0.1) is 11.3 Å². The molecule has 0 unspecified atom stereocenters. The minimum absolute atomic E-state index is 0.109. The predicted molar refractivity (Wildman–Crippen MR) is 108 cm³/mol. The van der Waals surface area contributed by atoms with Gasteiger partial charge >= 0.3 is 6.03 Å². The second-order valence-corrected chi connectivity index (χ2v) is 6.88. The Morgan fingerprint density at radius 1 is 0.963 bits per heavy atom. The second kappa shape index (κ2) is 7.96. The van der Waals surface area contributed by atoms with Crippen molar-refractivity contribution in [3.05, 3.63) is 53.2 Å². The molecule has 7 nitrogen and oxygen atoms in total. The van der Waals surface area contributed by atoms with Gasteiger partial charge in [-0.1, -0.05) is 0 Å². The lowest BCUT2D eigenvalue weighted by Crippen LogP contribution is -2.19. The summed E-state index contributed by atoms with van der Waals surface area (Å²) in [5.74, 6) is -0.109. The Bertz CT molecular complexity index is 962. The lowest BCUT2D eigenvalue weighted by atomic mass is 9.99. The van der Waals surface area contributed by atoms with Gasteiger partial charge in [-0.3, -0.25) is 15.1 Å². The van der Waals surface area contributed by atoms with Crippen LogP contribution in [-0.2, 0) is 4.79 Å². The van der Waals surface area contributed by atoms with Crippen molar-refractivity contribution >= 4 is 39.8 Å². The first-order chi connectivity index (χ1) is 12.9. The van der Waals surface area contributed by atoms with Gasteiger partial charge in [0.2, 0.25) is 5.91 Å². The molecule has 0 atom stereocenters. The Labute approximate surface area is 160 Å². The van der Waals surface area contributed by atoms with Crippen LogP contribution in [0, 0.1) is 13.8 Å². The van der Waals surface area contributed by atoms with Crippen molar-refractivity contribution in [2.24, 2.45) is 0 Å². The van der Waals surface area contributed by atoms with Crippen LogP contribution in [-0.4, -0.2) is 21.9 Å². The van der Waals surface area contributed by atoms with Gasteiger partial charge in [0.15, 0.2) is 5.13 Å². The third-order valence-corrected chi connectivity index (χ3v) is 4.53. The van der Waals surface area contributed by atoms with E-state index in [1.165, 1.54) is 18.3 Å². The van der Waals surface area contributed by atoms with E-state index in [9.17, 15) is 9.59 Å². The highest BCUT2D eigenvalue weighted by atomic mass is 32.1. The Balaban J connectivity index is 1.75. The minimum Gasteiger partial charge on any atom is -0.326 e. The number of nitrogens with zero attached hydrogens (tertiary/aromatic N) is 2. The molecule has 0 spiro atoms. The van der Waals surface area contributed by atoms with Crippen LogP contribution in [0.5, 0.6) is 0 Å². The maximum Gasteiger partial charge on any atom is 0.325 e. The number of pyridine rings is 1. The number of thiazole rings is 1. The minimum atomic E-state index is -0.364. The number of rotatable bonds is 4. The highest BCUT2D eigenvalue weighted by Gasteiger charge is 2.13. The molecule has 1 aromatic carbocycles. The summed E-state index contributed by atoms with van der Waals surface area (Å²) in [5, 5.41) is 10.7. The molecule has 2 aromatic heterocycles. The van der Waals surface area contributed by atoms with E-state index in [4.69, 9.17) is 0 Å². The van der Waals surface area contributed by atoms with Crippen LogP contribution in [0.1, 0.15) is 18.1 Å². The van der Waals surface area contributed by atoms with Crippen LogP contribution < -0.4 is 16.0 Å². The lowest BCUT2D eigenvalue weighted by molar-refractivity contribution is -0.114. The number of anilines is 3. The molecule has 0 radical (unpaired) electrons. The fraction of sp³-hybridized carbons (Fsp3) is 0.158. The molecular weight excluding hydrogens is 362 g/mol. The zero-order chi connectivity index (χ0) is 19.4. The largest absolute Gasteiger partial charge is 0.326 e. The van der Waals surface area contributed by atoms with Crippen LogP contribution in [0.4, 0.5) is 21.3 Å². The number of nitrogens with one attached hydrogen (secondary N) is 3. The molecular formula is C19H19N5O2S. The summed E-state index contributed by atoms with van der Waals surface area (Å²) in [5.41, 5.74) is 5.17. The van der Waals surface area contributed by atoms with Gasteiger partial charge in [0.25, 0.3) is 0 Å². The molecule has 0 fully saturated rings. The van der Waals surface area contributed by atoms with Crippen LogP contribution in [0.25, 0.3) is 11.3 Å². The normalized spacial score (nSPS) is 10.3. The van der Waals surface area contributed by atoms with Crippen LogP contribution in [0.2, 0.25) is 0 Å². The summed E-state index contributed by atoms with van der Waals surface area (Å²) >= 11 is 1.35. The molecule has 8 heteroatoms. The van der Waals surface area contributed by atoms with Crippen molar-refractivity contribution in [1.82, 2.24) is 9.97 Å². The van der Waals surface area contributed by atoms with Crippen molar-refractivity contribution in [1.29, 1.82) is 0 Å². The van der Waals surface area contributed by atoms with Crippen LogP contribution >= 0.6 is 11.3 Å². The number of carbonyl (C=O) groups excluding carboxylic acids is 2. The summed E-state index contributed by atoms with van der Waals surface area (Å²) in [7, 11) is 0. The monoisotopic (exact) mass is 381 g/mol. The van der Waals surface area contributed by atoms with Crippen molar-refractivity contribution in [2.75, 3.05) is 16.0 Å². The highest BCUT2D eigenvalue weighted by Crippen LogP contribution is 2.32. The van der Waals surface area contributed by atoms with E-state index in [2.05, 4.69) is 25.9 Å². The predicted octanol–water partition coefficient (Wildman–Crippen LogP) is 4.42. The number of amides is 3. The van der Waals surface area contributed by atoms with Gasteiger partial charge in [-0.2, -0.15) is 0 Å². The smallest absolute Gasteiger partial charge is 0.325 e. The van der Waals surface area contributed by atoms with Crippen molar-refractivity contribution in [3.8, 4) is 11.3 Å². The number of hydrogen-bond donors (Lipinski definition) is 3. The number of aryl methyl sites for hydroxylation is 2. The van der Waals surface area contributed by atoms with E-state index in [0.29, 0.717) is 10.8 Å². The SMILES string of the molecule is CC(=O)Nc1cc(C)c(-c2csc(NC(=O)Nc3ccncc3)n2)c(C)c1. The molecule has 3 amide bonds. The molecule has 0 aliphatic rings. The molecule has 3 N–H and O–H groups in total. The third-order valence-electron chi connectivity index (χ3n) is 3.77. The third kappa shape index (κ3) is 4.68. The number of hydrogen-bond acceptors (Lipinski definition) is 5. The number of benzene rings is 1. The van der Waals surface area contributed by atoms with Gasteiger partial charge in [0, 0.05) is 41.6 Å². The molecule has 0 bridgehead atoms. The quantitative estimate of drug-likeness (QED) is 0.623. The molecule has 0 saturated heterocycles. The fourth-order valence-electron chi connectivity index (χ4n) is 2.78. The van der Waals surface area contributed by atoms with E-state index in [1.807, 2.05) is 31.4 Å². The van der Waals surface area contributed by atoms with E-state index < -0.39 is 0 Å². The van der Waals surface area contributed by atoms with Gasteiger partial charge in [-0.05, 0) is 49.2 Å². The summed E-state index contributed by atoms with van der Waals surface area (Å²) in [6.07, 6.45) is 3.21. The first kappa shape index (κ1) is 18.5. The molecule has 3 aromatic rings. The molecule has 3 rings (SSSR count). The van der Waals surface area contributed by atoms with E-state index >= 15 is 0 Å². The van der Waals surface area contributed by atoms with Crippen molar-refractivity contribution in [2.45, 2.75) is 20.8 Å². The van der Waals surface area contributed by atoms with E-state index in [0.717, 1.165) is 28.1 Å². The highest BCUT2D eigenvalue weighted by molar-refractivity contribution is 7.14. The standard InChI is InChI=1S/C19H19N5O2S/c1-11-8-15(21-13(3)25)9-12(2)17(11)16-10-27-19(23-16)24-18(26)22-14-4-6-20-7-5-14/h4-10H,1-3H3,(H,21,25)(H2,20,22,23,24,26). The van der Waals surface area contributed by atoms with E-state index in [-0.39, 0.29) is 11.9 Å². The first-order valence-electron chi connectivity index (χ1n) is 8.25. The fourth-order valence-corrected chi connectivity index (χ4v) is 3.48. The zero-order valence-electron chi connectivity index (χ0n) is 15.2. The molecule has 0 saturated carbocycles. The van der Waals surface area contributed by atoms with Crippen LogP contribution in [0.15, 0.2) is 42.0 Å². The molecule has 0 aliphatic heterocycles. The number of carbonyl (C=O) groups is 2. The molecule has 2 heterocycles. The summed E-state index contributed by atoms with van der Waals surface area (Å²) in [6.45, 7) is 5.42. The summed E-state index contributed by atoms with van der Waals surface area (Å²) in [6, 6.07) is 6.86. The van der Waals surface area contributed by atoms with Gasteiger partial charge in [-0.25, -0.2) is 9.78 Å². The van der Waals surface area contributed by atoms with Gasteiger partial charge < -0.3 is 10.6 Å². The van der Waals surface area contributed by atoms with Gasteiger partial charge in [0.1, 0.15) is 0 Å². The second-order valence-electron chi connectivity index (χ2n) is 6.02. The first-order valence-corrected chi connectivity index (χ1v) is 9.13. The number of urea groups is 1. The maximum atomic E-state index is 12.1. The lowest BCUT2D eigenvalue weighted by Gasteiger charge is -2.11. The average Bonchev–Trinajstić information content (AvgIpc) is 3.02. The molecule has 0 aliphatic carbocycles. The van der Waals surface area contributed by atoms with Crippen LogP contribution in [0.3, 0.4) is 0 Å². The van der Waals surface area contributed by atoms with E-state index in [1.54, 1.807) is 24.5 Å². The summed E-state index contributed by atoms with van der Waals surface area (Å²) in [4.78, 5) is 31.8.